The molecule has 2 atom stereocenters. The zero-order valence-electron chi connectivity index (χ0n) is 14.3. The monoisotopic (exact) mass is 334 g/mol. The molecule has 1 heterocycles. The Bertz CT molecular complexity index is 580. The summed E-state index contributed by atoms with van der Waals surface area (Å²) in [6, 6.07) is 7.94. The van der Waals surface area contributed by atoms with Crippen molar-refractivity contribution in [2.24, 2.45) is 17.3 Å². The molecule has 4 heteroatoms. The predicted octanol–water partition coefficient (Wildman–Crippen LogP) is 3.89. The fourth-order valence-corrected chi connectivity index (χ4v) is 4.53. The number of nitrogens with zero attached hydrogens (tertiary/aromatic N) is 1. The van der Waals surface area contributed by atoms with Crippen LogP contribution in [0.4, 0.5) is 0 Å². The average molecular weight is 335 g/mol. The smallest absolute Gasteiger partial charge is 0.226 e. The van der Waals surface area contributed by atoms with Crippen molar-refractivity contribution in [3.63, 3.8) is 0 Å². The number of benzene rings is 1. The molecule has 23 heavy (non-hydrogen) atoms. The fourth-order valence-electron chi connectivity index (χ4n) is 4.29. The van der Waals surface area contributed by atoms with Gasteiger partial charge in [-0.15, -0.1) is 0 Å². The summed E-state index contributed by atoms with van der Waals surface area (Å²) >= 11 is 6.40. The van der Waals surface area contributed by atoms with Gasteiger partial charge in [0.05, 0.1) is 6.04 Å². The third-order valence-corrected chi connectivity index (χ3v) is 6.05. The van der Waals surface area contributed by atoms with Crippen molar-refractivity contribution < 1.29 is 4.79 Å². The van der Waals surface area contributed by atoms with Crippen LogP contribution in [0.2, 0.25) is 5.02 Å². The van der Waals surface area contributed by atoms with Crippen LogP contribution in [0, 0.1) is 17.3 Å². The molecule has 2 fully saturated rings. The van der Waals surface area contributed by atoms with Crippen LogP contribution in [0.15, 0.2) is 24.3 Å². The Kier molecular flexibility index (Phi) is 4.70. The maximum absolute atomic E-state index is 13.1. The number of nitrogens with one attached hydrogen (secondary N) is 1. The summed E-state index contributed by atoms with van der Waals surface area (Å²) in [5.74, 6) is 0.829. The van der Waals surface area contributed by atoms with E-state index in [0.717, 1.165) is 42.9 Å². The average Bonchev–Trinajstić information content (AvgIpc) is 3.22. The maximum Gasteiger partial charge on any atom is 0.226 e. The Morgan fingerprint density at radius 2 is 1.96 bits per heavy atom. The molecule has 1 aromatic rings. The molecule has 1 amide bonds. The summed E-state index contributed by atoms with van der Waals surface area (Å²) in [6.07, 6.45) is 3.33. The first-order chi connectivity index (χ1) is 11.0. The van der Waals surface area contributed by atoms with Gasteiger partial charge in [0.2, 0.25) is 5.91 Å². The van der Waals surface area contributed by atoms with Crippen LogP contribution in [-0.2, 0) is 4.79 Å². The van der Waals surface area contributed by atoms with E-state index in [1.807, 2.05) is 36.2 Å². The lowest BCUT2D eigenvalue weighted by Crippen LogP contribution is -2.38. The Balaban J connectivity index is 1.78. The van der Waals surface area contributed by atoms with Crippen molar-refractivity contribution in [1.29, 1.82) is 0 Å². The molecule has 126 valence electrons. The molecule has 0 bridgehead atoms. The van der Waals surface area contributed by atoms with Crippen molar-refractivity contribution in [2.45, 2.75) is 39.2 Å². The molecule has 2 unspecified atom stereocenters. The molecule has 3 nitrogen and oxygen atoms in total. The van der Waals surface area contributed by atoms with Gasteiger partial charge in [-0.2, -0.15) is 0 Å². The molecule has 1 saturated heterocycles. The lowest BCUT2D eigenvalue weighted by molar-refractivity contribution is -0.135. The second-order valence-corrected chi connectivity index (χ2v) is 7.94. The molecule has 1 saturated carbocycles. The first kappa shape index (κ1) is 16.8. The third-order valence-electron chi connectivity index (χ3n) is 5.71. The highest BCUT2D eigenvalue weighted by molar-refractivity contribution is 6.31. The number of rotatable bonds is 4. The van der Waals surface area contributed by atoms with Crippen molar-refractivity contribution in [3.8, 4) is 0 Å². The number of carbonyl (C=O) groups excluding carboxylic acids is 1. The second kappa shape index (κ2) is 6.45. The molecule has 0 radical (unpaired) electrons. The summed E-state index contributed by atoms with van der Waals surface area (Å²) in [4.78, 5) is 15.0. The highest BCUT2D eigenvalue weighted by Gasteiger charge is 2.58. The van der Waals surface area contributed by atoms with E-state index in [4.69, 9.17) is 11.6 Å². The Morgan fingerprint density at radius 1 is 1.30 bits per heavy atom. The third kappa shape index (κ3) is 3.14. The molecular weight excluding hydrogens is 308 g/mol. The van der Waals surface area contributed by atoms with E-state index in [-0.39, 0.29) is 17.4 Å². The van der Waals surface area contributed by atoms with Crippen LogP contribution in [0.25, 0.3) is 0 Å². The van der Waals surface area contributed by atoms with E-state index >= 15 is 0 Å². The molecule has 1 aromatic carbocycles. The summed E-state index contributed by atoms with van der Waals surface area (Å²) < 4.78 is 0. The largest absolute Gasteiger partial charge is 0.338 e. The summed E-state index contributed by atoms with van der Waals surface area (Å²) in [7, 11) is 1.95. The van der Waals surface area contributed by atoms with Crippen molar-refractivity contribution in [3.05, 3.63) is 34.9 Å². The van der Waals surface area contributed by atoms with Crippen LogP contribution in [0.5, 0.6) is 0 Å². The topological polar surface area (TPSA) is 32.3 Å². The molecular formula is C19H27ClN2O. The van der Waals surface area contributed by atoms with Gasteiger partial charge in [0.15, 0.2) is 0 Å². The number of piperidine rings is 1. The summed E-state index contributed by atoms with van der Waals surface area (Å²) in [6.45, 7) is 6.41. The zero-order chi connectivity index (χ0) is 16.6. The summed E-state index contributed by atoms with van der Waals surface area (Å²) in [5.41, 5.74) is 1.33. The van der Waals surface area contributed by atoms with E-state index in [1.54, 1.807) is 0 Å². The quantitative estimate of drug-likeness (QED) is 0.906. The zero-order valence-corrected chi connectivity index (χ0v) is 15.1. The molecule has 1 aliphatic heterocycles. The van der Waals surface area contributed by atoms with Crippen LogP contribution >= 0.6 is 11.6 Å². The highest BCUT2D eigenvalue weighted by Crippen LogP contribution is 2.59. The van der Waals surface area contributed by atoms with Gasteiger partial charge in [0.25, 0.3) is 0 Å². The number of amides is 1. The minimum atomic E-state index is 0.0376. The van der Waals surface area contributed by atoms with Crippen LogP contribution in [0.1, 0.15) is 44.7 Å². The van der Waals surface area contributed by atoms with Crippen molar-refractivity contribution in [1.82, 2.24) is 10.2 Å². The number of carbonyl (C=O) groups is 1. The normalized spacial score (nSPS) is 23.8. The van der Waals surface area contributed by atoms with E-state index < -0.39 is 0 Å². The molecule has 0 aromatic heterocycles. The first-order valence-electron chi connectivity index (χ1n) is 8.68. The predicted molar refractivity (Wildman–Crippen MR) is 94.4 cm³/mol. The van der Waals surface area contributed by atoms with Gasteiger partial charge in [-0.05, 0) is 55.3 Å². The van der Waals surface area contributed by atoms with Gasteiger partial charge in [0, 0.05) is 18.0 Å². The van der Waals surface area contributed by atoms with E-state index in [1.165, 1.54) is 0 Å². The SMILES string of the molecule is CC(C)C(c1ccccc1Cl)N(C)C(=O)C1CC12CCNCC2. The van der Waals surface area contributed by atoms with Gasteiger partial charge >= 0.3 is 0 Å². The summed E-state index contributed by atoms with van der Waals surface area (Å²) in [5, 5.41) is 4.15. The maximum atomic E-state index is 13.1. The lowest BCUT2D eigenvalue weighted by Gasteiger charge is -2.33. The van der Waals surface area contributed by atoms with Crippen molar-refractivity contribution >= 4 is 17.5 Å². The standard InChI is InChI=1S/C19H27ClN2O/c1-13(2)17(14-6-4-5-7-16(14)20)22(3)18(23)15-12-19(15)8-10-21-11-9-19/h4-7,13,15,17,21H,8-12H2,1-3H3. The molecule has 1 aliphatic carbocycles. The number of halogens is 1. The van der Waals surface area contributed by atoms with Crippen LogP contribution < -0.4 is 5.32 Å². The van der Waals surface area contributed by atoms with Gasteiger partial charge in [-0.25, -0.2) is 0 Å². The lowest BCUT2D eigenvalue weighted by atomic mass is 9.90. The van der Waals surface area contributed by atoms with E-state index in [2.05, 4.69) is 19.2 Å². The minimum absolute atomic E-state index is 0.0376. The van der Waals surface area contributed by atoms with Gasteiger partial charge in [-0.1, -0.05) is 43.6 Å². The Labute approximate surface area is 144 Å². The highest BCUT2D eigenvalue weighted by atomic mass is 35.5. The van der Waals surface area contributed by atoms with Crippen LogP contribution in [0.3, 0.4) is 0 Å². The fraction of sp³-hybridized carbons (Fsp3) is 0.632. The van der Waals surface area contributed by atoms with Gasteiger partial charge < -0.3 is 10.2 Å². The van der Waals surface area contributed by atoms with E-state index in [9.17, 15) is 4.79 Å². The Morgan fingerprint density at radius 3 is 2.57 bits per heavy atom. The molecule has 3 rings (SSSR count). The minimum Gasteiger partial charge on any atom is -0.338 e. The second-order valence-electron chi connectivity index (χ2n) is 7.53. The van der Waals surface area contributed by atoms with Crippen LogP contribution in [-0.4, -0.2) is 30.9 Å². The van der Waals surface area contributed by atoms with E-state index in [0.29, 0.717) is 11.8 Å². The number of hydrogen-bond acceptors (Lipinski definition) is 2. The van der Waals surface area contributed by atoms with Crippen molar-refractivity contribution in [2.75, 3.05) is 20.1 Å². The molecule has 2 aliphatic rings. The number of hydrogen-bond donors (Lipinski definition) is 1. The first-order valence-corrected chi connectivity index (χ1v) is 9.06. The van der Waals surface area contributed by atoms with Gasteiger partial charge in [-0.3, -0.25) is 4.79 Å². The molecule has 1 spiro atoms. The van der Waals surface area contributed by atoms with Gasteiger partial charge in [0.1, 0.15) is 0 Å². The Hall–Kier alpha value is -1.06. The molecule has 1 N–H and O–H groups in total.